The van der Waals surface area contributed by atoms with Gasteiger partial charge in [-0.25, -0.2) is 0 Å². The third-order valence-corrected chi connectivity index (χ3v) is 6.29. The van der Waals surface area contributed by atoms with Crippen LogP contribution in [-0.4, -0.2) is 67.9 Å². The van der Waals surface area contributed by atoms with Crippen molar-refractivity contribution in [1.82, 2.24) is 9.80 Å². The summed E-state index contributed by atoms with van der Waals surface area (Å²) in [4.78, 5) is 32.0. The molecule has 0 aromatic heterocycles. The van der Waals surface area contributed by atoms with Gasteiger partial charge in [-0.1, -0.05) is 48.5 Å². The van der Waals surface area contributed by atoms with Crippen molar-refractivity contribution in [3.63, 3.8) is 0 Å². The number of carbonyl (C=O) groups excluding carboxylic acids is 2. The van der Waals surface area contributed by atoms with Gasteiger partial charge in [0.15, 0.2) is 0 Å². The molecule has 4 rings (SSSR count). The maximum atomic E-state index is 13.2. The Morgan fingerprint density at radius 2 is 1.59 bits per heavy atom. The molecule has 1 aliphatic heterocycles. The molecule has 6 nitrogen and oxygen atoms in total. The van der Waals surface area contributed by atoms with E-state index in [0.29, 0.717) is 12.1 Å². The van der Waals surface area contributed by atoms with Gasteiger partial charge in [-0.15, -0.1) is 0 Å². The van der Waals surface area contributed by atoms with Crippen LogP contribution in [-0.2, 0) is 9.59 Å². The molecule has 0 bridgehead atoms. The summed E-state index contributed by atoms with van der Waals surface area (Å²) in [6, 6.07) is 20.6. The zero-order valence-electron chi connectivity index (χ0n) is 20.2. The molecule has 1 aliphatic rings. The second-order valence-electron chi connectivity index (χ2n) is 9.20. The van der Waals surface area contributed by atoms with Gasteiger partial charge in [-0.2, -0.15) is 0 Å². The Kier molecular flexibility index (Phi) is 6.70. The predicted molar refractivity (Wildman–Crippen MR) is 137 cm³/mol. The monoisotopic (exact) mass is 457 g/mol. The zero-order chi connectivity index (χ0) is 24.4. The maximum Gasteiger partial charge on any atom is 0.295 e. The maximum absolute atomic E-state index is 13.2. The summed E-state index contributed by atoms with van der Waals surface area (Å²) in [5.74, 6) is -1.35. The summed E-state index contributed by atoms with van der Waals surface area (Å²) >= 11 is 0. The average molecular weight is 458 g/mol. The lowest BCUT2D eigenvalue weighted by atomic mass is 9.94. The number of benzene rings is 3. The molecule has 1 N–H and O–H groups in total. The van der Waals surface area contributed by atoms with Gasteiger partial charge in [0, 0.05) is 31.9 Å². The fourth-order valence-electron chi connectivity index (χ4n) is 4.46. The first kappa shape index (κ1) is 23.5. The Morgan fingerprint density at radius 1 is 0.912 bits per heavy atom. The van der Waals surface area contributed by atoms with Crippen molar-refractivity contribution in [3.8, 4) is 0 Å². The fraction of sp³-hybridized carbons (Fsp3) is 0.286. The van der Waals surface area contributed by atoms with E-state index in [1.54, 1.807) is 11.0 Å². The van der Waals surface area contributed by atoms with Crippen molar-refractivity contribution in [2.24, 2.45) is 0 Å². The number of fused-ring (bicyclic) bond motifs is 1. The molecule has 1 atom stereocenters. The Labute approximate surface area is 200 Å². The van der Waals surface area contributed by atoms with Gasteiger partial charge in [-0.3, -0.25) is 9.59 Å². The third kappa shape index (κ3) is 4.54. The van der Waals surface area contributed by atoms with Gasteiger partial charge < -0.3 is 19.8 Å². The van der Waals surface area contributed by atoms with E-state index in [4.69, 9.17) is 0 Å². The van der Waals surface area contributed by atoms with Gasteiger partial charge >= 0.3 is 0 Å². The SMILES string of the molecule is CN(C)CCCN1C(=O)C(=O)/C(=C(\O)c2ccc3ccccc3c2)C1c1ccc(N(C)C)cc1. The molecule has 6 heteroatoms. The van der Waals surface area contributed by atoms with Gasteiger partial charge in [0.25, 0.3) is 11.7 Å². The molecule has 34 heavy (non-hydrogen) atoms. The van der Waals surface area contributed by atoms with Crippen molar-refractivity contribution in [1.29, 1.82) is 0 Å². The standard InChI is InChI=1S/C28H31N3O3/c1-29(2)16-7-17-31-25(20-12-14-23(15-13-20)30(3)4)24(27(33)28(31)34)26(32)22-11-10-19-8-5-6-9-21(19)18-22/h5-6,8-15,18,25,32H,7,16-17H2,1-4H3/b26-24-. The number of amides is 1. The number of aliphatic hydroxyl groups is 1. The van der Waals surface area contributed by atoms with Crippen LogP contribution >= 0.6 is 0 Å². The van der Waals surface area contributed by atoms with Crippen LogP contribution in [0.4, 0.5) is 5.69 Å². The summed E-state index contributed by atoms with van der Waals surface area (Å²) in [7, 11) is 7.88. The van der Waals surface area contributed by atoms with E-state index in [9.17, 15) is 14.7 Å². The normalized spacial score (nSPS) is 17.7. The molecule has 0 saturated carbocycles. The number of anilines is 1. The van der Waals surface area contributed by atoms with Crippen LogP contribution in [0.1, 0.15) is 23.6 Å². The molecule has 1 fully saturated rings. The summed E-state index contributed by atoms with van der Waals surface area (Å²) in [6.07, 6.45) is 0.725. The van der Waals surface area contributed by atoms with Crippen molar-refractivity contribution in [2.45, 2.75) is 12.5 Å². The molecule has 0 radical (unpaired) electrons. The first-order valence-corrected chi connectivity index (χ1v) is 11.5. The Bertz CT molecular complexity index is 1250. The average Bonchev–Trinajstić information content (AvgIpc) is 3.08. The quantitative estimate of drug-likeness (QED) is 0.326. The molecule has 3 aromatic rings. The van der Waals surface area contributed by atoms with Gasteiger partial charge in [0.1, 0.15) is 5.76 Å². The van der Waals surface area contributed by atoms with Crippen molar-refractivity contribution < 1.29 is 14.7 Å². The zero-order valence-corrected chi connectivity index (χ0v) is 20.2. The van der Waals surface area contributed by atoms with E-state index >= 15 is 0 Å². The van der Waals surface area contributed by atoms with Gasteiger partial charge in [-0.05, 0) is 61.6 Å². The summed E-state index contributed by atoms with van der Waals surface area (Å²) in [6.45, 7) is 1.22. The smallest absolute Gasteiger partial charge is 0.295 e. The number of nitrogens with zero attached hydrogens (tertiary/aromatic N) is 3. The molecule has 1 amide bonds. The minimum atomic E-state index is -0.641. The van der Waals surface area contributed by atoms with Crippen LogP contribution in [0.3, 0.4) is 0 Å². The molecule has 0 aliphatic carbocycles. The topological polar surface area (TPSA) is 64.1 Å². The largest absolute Gasteiger partial charge is 0.507 e. The highest BCUT2D eigenvalue weighted by molar-refractivity contribution is 6.46. The molecule has 1 saturated heterocycles. The van der Waals surface area contributed by atoms with E-state index in [-0.39, 0.29) is 11.3 Å². The number of carbonyl (C=O) groups is 2. The lowest BCUT2D eigenvalue weighted by molar-refractivity contribution is -0.139. The highest BCUT2D eigenvalue weighted by Crippen LogP contribution is 2.40. The minimum Gasteiger partial charge on any atom is -0.507 e. The molecular weight excluding hydrogens is 426 g/mol. The van der Waals surface area contributed by atoms with Crippen LogP contribution in [0.5, 0.6) is 0 Å². The van der Waals surface area contributed by atoms with Gasteiger partial charge in [0.2, 0.25) is 0 Å². The number of likely N-dealkylation sites (tertiary alicyclic amines) is 1. The Hall–Kier alpha value is -3.64. The lowest BCUT2D eigenvalue weighted by Gasteiger charge is -2.26. The molecule has 0 spiro atoms. The molecule has 176 valence electrons. The van der Waals surface area contributed by atoms with Crippen molar-refractivity contribution in [3.05, 3.63) is 83.4 Å². The van der Waals surface area contributed by atoms with E-state index in [2.05, 4.69) is 0 Å². The van der Waals surface area contributed by atoms with Crippen molar-refractivity contribution in [2.75, 3.05) is 46.2 Å². The fourth-order valence-corrected chi connectivity index (χ4v) is 4.46. The van der Waals surface area contributed by atoms with Crippen LogP contribution in [0.25, 0.3) is 16.5 Å². The summed E-state index contributed by atoms with van der Waals surface area (Å²) in [5, 5.41) is 13.3. The lowest BCUT2D eigenvalue weighted by Crippen LogP contribution is -2.32. The van der Waals surface area contributed by atoms with E-state index in [1.165, 1.54) is 0 Å². The second-order valence-corrected chi connectivity index (χ2v) is 9.20. The van der Waals surface area contributed by atoms with Crippen LogP contribution < -0.4 is 4.90 Å². The Balaban J connectivity index is 1.81. The minimum absolute atomic E-state index is 0.138. The van der Waals surface area contributed by atoms with Crippen LogP contribution in [0.15, 0.2) is 72.3 Å². The molecule has 3 aromatic carbocycles. The third-order valence-electron chi connectivity index (χ3n) is 6.29. The number of hydrogen-bond acceptors (Lipinski definition) is 5. The predicted octanol–water partition coefficient (Wildman–Crippen LogP) is 4.28. The number of rotatable bonds is 7. The highest BCUT2D eigenvalue weighted by atomic mass is 16.3. The van der Waals surface area contributed by atoms with Crippen LogP contribution in [0, 0.1) is 0 Å². The number of aliphatic hydroxyl groups excluding tert-OH is 1. The second kappa shape index (κ2) is 9.69. The van der Waals surface area contributed by atoms with E-state index in [1.807, 2.05) is 98.7 Å². The Morgan fingerprint density at radius 3 is 2.24 bits per heavy atom. The molecule has 1 heterocycles. The van der Waals surface area contributed by atoms with Crippen molar-refractivity contribution >= 4 is 33.9 Å². The van der Waals surface area contributed by atoms with E-state index < -0.39 is 17.7 Å². The molecular formula is C28H31N3O3. The highest BCUT2D eigenvalue weighted by Gasteiger charge is 2.45. The number of Topliss-reactive ketones (excluding diaryl/α,β-unsaturated/α-hetero) is 1. The summed E-state index contributed by atoms with van der Waals surface area (Å²) < 4.78 is 0. The first-order valence-electron chi connectivity index (χ1n) is 11.5. The first-order chi connectivity index (χ1) is 16.3. The van der Waals surface area contributed by atoms with E-state index in [0.717, 1.165) is 35.0 Å². The summed E-state index contributed by atoms with van der Waals surface area (Å²) in [5.41, 5.74) is 2.49. The van der Waals surface area contributed by atoms with Crippen LogP contribution in [0.2, 0.25) is 0 Å². The molecule has 1 unspecified atom stereocenters. The number of ketones is 1. The number of hydrogen-bond donors (Lipinski definition) is 1. The van der Waals surface area contributed by atoms with Gasteiger partial charge in [0.05, 0.1) is 11.6 Å².